The van der Waals surface area contributed by atoms with Gasteiger partial charge in [0.25, 0.3) is 0 Å². The van der Waals surface area contributed by atoms with E-state index in [4.69, 9.17) is 0 Å². The zero-order valence-electron chi connectivity index (χ0n) is 13.6. The van der Waals surface area contributed by atoms with Gasteiger partial charge >= 0.3 is 0 Å². The highest BCUT2D eigenvalue weighted by atomic mass is 19.1. The molecular weight excluding hydrogens is 263 g/mol. The van der Waals surface area contributed by atoms with Gasteiger partial charge in [0.2, 0.25) is 0 Å². The monoisotopic (exact) mass is 292 g/mol. The molecule has 0 bridgehead atoms. The first-order valence-corrected chi connectivity index (χ1v) is 8.23. The first-order chi connectivity index (χ1) is 10.1. The molecule has 1 aromatic carbocycles. The van der Waals surface area contributed by atoms with Crippen LogP contribution in [0.2, 0.25) is 0 Å². The lowest BCUT2D eigenvalue weighted by molar-refractivity contribution is 0.164. The van der Waals surface area contributed by atoms with Gasteiger partial charge in [-0.05, 0) is 76.4 Å². The number of nitrogens with zero attached hydrogens (tertiary/aromatic N) is 1. The minimum Gasteiger partial charge on any atom is -0.313 e. The fraction of sp³-hybridized carbons (Fsp3) is 0.667. The number of benzene rings is 1. The van der Waals surface area contributed by atoms with E-state index in [9.17, 15) is 4.39 Å². The van der Waals surface area contributed by atoms with Gasteiger partial charge in [0.05, 0.1) is 0 Å². The van der Waals surface area contributed by atoms with Crippen molar-refractivity contribution >= 4 is 0 Å². The lowest BCUT2D eigenvalue weighted by atomic mass is 9.86. The quantitative estimate of drug-likeness (QED) is 0.853. The summed E-state index contributed by atoms with van der Waals surface area (Å²) in [5.41, 5.74) is 1.17. The number of nitrogens with one attached hydrogen (secondary N) is 1. The molecule has 0 aromatic heterocycles. The Bertz CT molecular complexity index is 410. The Labute approximate surface area is 128 Å². The Kier molecular flexibility index (Phi) is 6.19. The molecule has 0 spiro atoms. The fourth-order valence-corrected chi connectivity index (χ4v) is 3.37. The average molecular weight is 292 g/mol. The van der Waals surface area contributed by atoms with Crippen LogP contribution in [-0.2, 0) is 0 Å². The zero-order chi connectivity index (χ0) is 15.2. The second-order valence-electron chi connectivity index (χ2n) is 6.58. The molecule has 1 fully saturated rings. The van der Waals surface area contributed by atoms with Crippen molar-refractivity contribution < 1.29 is 4.39 Å². The van der Waals surface area contributed by atoms with Crippen molar-refractivity contribution in [1.82, 2.24) is 10.2 Å². The topological polar surface area (TPSA) is 15.3 Å². The van der Waals surface area contributed by atoms with E-state index in [0.717, 1.165) is 24.9 Å². The molecule has 0 heterocycles. The van der Waals surface area contributed by atoms with E-state index in [1.54, 1.807) is 12.1 Å². The van der Waals surface area contributed by atoms with Crippen molar-refractivity contribution in [2.24, 2.45) is 5.92 Å². The van der Waals surface area contributed by atoms with Gasteiger partial charge in [0.1, 0.15) is 5.82 Å². The van der Waals surface area contributed by atoms with Crippen molar-refractivity contribution in [2.45, 2.75) is 51.1 Å². The summed E-state index contributed by atoms with van der Waals surface area (Å²) < 4.78 is 13.0. The molecule has 3 heteroatoms. The van der Waals surface area contributed by atoms with Crippen LogP contribution in [0, 0.1) is 11.7 Å². The predicted octanol–water partition coefficient (Wildman–Crippen LogP) is 3.99. The zero-order valence-corrected chi connectivity index (χ0v) is 13.6. The molecule has 0 amide bonds. The molecule has 1 aliphatic carbocycles. The summed E-state index contributed by atoms with van der Waals surface area (Å²) in [5, 5.41) is 3.35. The van der Waals surface area contributed by atoms with E-state index < -0.39 is 0 Å². The average Bonchev–Trinajstić information content (AvgIpc) is 2.50. The first-order valence-electron chi connectivity index (χ1n) is 8.23. The van der Waals surface area contributed by atoms with Crippen molar-refractivity contribution in [3.63, 3.8) is 0 Å². The molecule has 0 radical (unpaired) electrons. The largest absolute Gasteiger partial charge is 0.313 e. The molecule has 21 heavy (non-hydrogen) atoms. The predicted molar refractivity (Wildman–Crippen MR) is 86.9 cm³/mol. The summed E-state index contributed by atoms with van der Waals surface area (Å²) in [5.74, 6) is 0.737. The van der Waals surface area contributed by atoms with Gasteiger partial charge in [0, 0.05) is 12.1 Å². The minimum atomic E-state index is -0.165. The molecule has 1 aliphatic rings. The molecule has 0 aliphatic heterocycles. The van der Waals surface area contributed by atoms with E-state index in [1.165, 1.54) is 31.2 Å². The van der Waals surface area contributed by atoms with Crippen LogP contribution in [0.4, 0.5) is 4.39 Å². The summed E-state index contributed by atoms with van der Waals surface area (Å²) in [6, 6.07) is 7.91. The SMILES string of the molecule is CNC(CCN(C)C1CCC(C)CC1)c1ccc(F)cc1. The summed E-state index contributed by atoms with van der Waals surface area (Å²) in [6.07, 6.45) is 6.45. The molecule has 1 unspecified atom stereocenters. The van der Waals surface area contributed by atoms with Crippen LogP contribution in [0.1, 0.15) is 50.6 Å². The molecular formula is C18H29FN2. The second kappa shape index (κ2) is 7.90. The Hall–Kier alpha value is -0.930. The van der Waals surface area contributed by atoms with Gasteiger partial charge in [-0.25, -0.2) is 4.39 Å². The van der Waals surface area contributed by atoms with Crippen LogP contribution in [0.5, 0.6) is 0 Å². The molecule has 2 nitrogen and oxygen atoms in total. The third-order valence-electron chi connectivity index (χ3n) is 5.00. The van der Waals surface area contributed by atoms with Crippen molar-refractivity contribution in [2.75, 3.05) is 20.6 Å². The van der Waals surface area contributed by atoms with Gasteiger partial charge in [-0.1, -0.05) is 19.1 Å². The number of rotatable bonds is 6. The van der Waals surface area contributed by atoms with Gasteiger partial charge in [-0.2, -0.15) is 0 Å². The number of hydrogen-bond donors (Lipinski definition) is 1. The van der Waals surface area contributed by atoms with Gasteiger partial charge in [0.15, 0.2) is 0 Å². The normalized spacial score (nSPS) is 24.2. The summed E-state index contributed by atoms with van der Waals surface area (Å²) in [6.45, 7) is 3.45. The summed E-state index contributed by atoms with van der Waals surface area (Å²) in [4.78, 5) is 2.51. The maximum absolute atomic E-state index is 13.0. The maximum atomic E-state index is 13.0. The third kappa shape index (κ3) is 4.79. The second-order valence-corrected chi connectivity index (χ2v) is 6.58. The lowest BCUT2D eigenvalue weighted by Crippen LogP contribution is -2.36. The third-order valence-corrected chi connectivity index (χ3v) is 5.00. The van der Waals surface area contributed by atoms with Gasteiger partial charge < -0.3 is 10.2 Å². The smallest absolute Gasteiger partial charge is 0.123 e. The van der Waals surface area contributed by atoms with Crippen LogP contribution in [0.25, 0.3) is 0 Å². The molecule has 118 valence electrons. The fourth-order valence-electron chi connectivity index (χ4n) is 3.37. The van der Waals surface area contributed by atoms with Crippen LogP contribution in [0.3, 0.4) is 0 Å². The van der Waals surface area contributed by atoms with Crippen LogP contribution >= 0.6 is 0 Å². The molecule has 1 atom stereocenters. The van der Waals surface area contributed by atoms with Gasteiger partial charge in [-0.3, -0.25) is 0 Å². The van der Waals surface area contributed by atoms with E-state index in [0.29, 0.717) is 6.04 Å². The highest BCUT2D eigenvalue weighted by Crippen LogP contribution is 2.27. The van der Waals surface area contributed by atoms with Crippen molar-refractivity contribution in [3.05, 3.63) is 35.6 Å². The van der Waals surface area contributed by atoms with E-state index in [2.05, 4.69) is 24.2 Å². The van der Waals surface area contributed by atoms with Crippen molar-refractivity contribution in [1.29, 1.82) is 0 Å². The Morgan fingerprint density at radius 3 is 2.38 bits per heavy atom. The Morgan fingerprint density at radius 1 is 1.19 bits per heavy atom. The van der Waals surface area contributed by atoms with Crippen LogP contribution in [0.15, 0.2) is 24.3 Å². The van der Waals surface area contributed by atoms with Gasteiger partial charge in [-0.15, -0.1) is 0 Å². The highest BCUT2D eigenvalue weighted by molar-refractivity contribution is 5.19. The minimum absolute atomic E-state index is 0.165. The maximum Gasteiger partial charge on any atom is 0.123 e. The summed E-state index contributed by atoms with van der Waals surface area (Å²) >= 11 is 0. The number of halogens is 1. The first kappa shape index (κ1) is 16.4. The number of hydrogen-bond acceptors (Lipinski definition) is 2. The van der Waals surface area contributed by atoms with E-state index in [-0.39, 0.29) is 5.82 Å². The summed E-state index contributed by atoms with van der Waals surface area (Å²) in [7, 11) is 4.23. The highest BCUT2D eigenvalue weighted by Gasteiger charge is 2.22. The molecule has 1 aromatic rings. The standard InChI is InChI=1S/C18H29FN2/c1-14-4-10-17(11-5-14)21(3)13-12-18(20-2)15-6-8-16(19)9-7-15/h6-9,14,17-18,20H,4-5,10-13H2,1-3H3. The van der Waals surface area contributed by atoms with E-state index in [1.807, 2.05) is 19.2 Å². The molecule has 0 saturated heterocycles. The van der Waals surface area contributed by atoms with Crippen molar-refractivity contribution in [3.8, 4) is 0 Å². The van der Waals surface area contributed by atoms with Crippen LogP contribution in [-0.4, -0.2) is 31.6 Å². The molecule has 2 rings (SSSR count). The Morgan fingerprint density at radius 2 is 1.81 bits per heavy atom. The van der Waals surface area contributed by atoms with E-state index >= 15 is 0 Å². The lowest BCUT2D eigenvalue weighted by Gasteiger charge is -2.34. The Balaban J connectivity index is 1.83. The molecule has 1 saturated carbocycles. The van der Waals surface area contributed by atoms with Crippen LogP contribution < -0.4 is 5.32 Å². The molecule has 1 N–H and O–H groups in total.